The summed E-state index contributed by atoms with van der Waals surface area (Å²) in [6.45, 7) is 2.10. The number of hydrogen-bond donors (Lipinski definition) is 1. The van der Waals surface area contributed by atoms with Crippen molar-refractivity contribution in [3.8, 4) is 0 Å². The van der Waals surface area contributed by atoms with Crippen LogP contribution in [0.1, 0.15) is 49.1 Å². The van der Waals surface area contributed by atoms with Crippen molar-refractivity contribution >= 4 is 5.97 Å². The molecule has 1 aliphatic carbocycles. The van der Waals surface area contributed by atoms with E-state index < -0.39 is 5.97 Å². The second-order valence-corrected chi connectivity index (χ2v) is 5.24. The monoisotopic (exact) mass is 232 g/mol. The van der Waals surface area contributed by atoms with Crippen LogP contribution in [-0.2, 0) is 4.79 Å². The standard InChI is InChI=1S/C15H20O2/c1-11-5-7-13(8-6-11)14-4-2-3-12(9-14)10-15(16)17/h5-8,12,14H,2-4,9-10H2,1H3,(H,16,17)/t12-,14+/m0/s1. The first-order valence-corrected chi connectivity index (χ1v) is 6.43. The highest BCUT2D eigenvalue weighted by Gasteiger charge is 2.24. The number of carboxylic acid groups (broad SMARTS) is 1. The number of aryl methyl sites for hydroxylation is 1. The molecule has 92 valence electrons. The molecule has 1 aromatic rings. The highest BCUT2D eigenvalue weighted by atomic mass is 16.4. The lowest BCUT2D eigenvalue weighted by Gasteiger charge is -2.28. The molecule has 1 fully saturated rings. The molecule has 0 spiro atoms. The summed E-state index contributed by atoms with van der Waals surface area (Å²) in [5.74, 6) is 0.279. The maximum absolute atomic E-state index is 10.8. The van der Waals surface area contributed by atoms with E-state index in [4.69, 9.17) is 5.11 Å². The number of benzene rings is 1. The molecule has 0 saturated heterocycles. The summed E-state index contributed by atoms with van der Waals surface area (Å²) in [4.78, 5) is 10.8. The Bertz CT molecular complexity index is 380. The van der Waals surface area contributed by atoms with Crippen LogP contribution < -0.4 is 0 Å². The van der Waals surface area contributed by atoms with Crippen LogP contribution in [0, 0.1) is 12.8 Å². The van der Waals surface area contributed by atoms with Crippen molar-refractivity contribution in [2.75, 3.05) is 0 Å². The largest absolute Gasteiger partial charge is 0.481 e. The van der Waals surface area contributed by atoms with Crippen LogP contribution >= 0.6 is 0 Å². The predicted octanol–water partition coefficient (Wildman–Crippen LogP) is 3.74. The minimum absolute atomic E-state index is 0.336. The maximum Gasteiger partial charge on any atom is 0.303 e. The van der Waals surface area contributed by atoms with Crippen molar-refractivity contribution in [3.05, 3.63) is 35.4 Å². The fourth-order valence-corrected chi connectivity index (χ4v) is 2.86. The third-order valence-electron chi connectivity index (χ3n) is 3.79. The first-order valence-electron chi connectivity index (χ1n) is 6.43. The Labute approximate surface area is 103 Å². The van der Waals surface area contributed by atoms with Crippen LogP contribution in [0.15, 0.2) is 24.3 Å². The van der Waals surface area contributed by atoms with Crippen molar-refractivity contribution in [3.63, 3.8) is 0 Å². The Kier molecular flexibility index (Phi) is 3.82. The fourth-order valence-electron chi connectivity index (χ4n) is 2.86. The van der Waals surface area contributed by atoms with Gasteiger partial charge in [-0.05, 0) is 43.6 Å². The highest BCUT2D eigenvalue weighted by Crippen LogP contribution is 2.37. The summed E-state index contributed by atoms with van der Waals surface area (Å²) >= 11 is 0. The molecule has 0 aromatic heterocycles. The van der Waals surface area contributed by atoms with Gasteiger partial charge in [-0.2, -0.15) is 0 Å². The minimum Gasteiger partial charge on any atom is -0.481 e. The average Bonchev–Trinajstić information content (AvgIpc) is 2.29. The van der Waals surface area contributed by atoms with E-state index in [0.29, 0.717) is 18.3 Å². The molecule has 0 radical (unpaired) electrons. The van der Waals surface area contributed by atoms with Gasteiger partial charge in [-0.15, -0.1) is 0 Å². The van der Waals surface area contributed by atoms with E-state index in [9.17, 15) is 4.79 Å². The molecule has 2 atom stereocenters. The molecule has 1 aliphatic rings. The van der Waals surface area contributed by atoms with E-state index in [1.165, 1.54) is 17.5 Å². The zero-order valence-electron chi connectivity index (χ0n) is 10.4. The first-order chi connectivity index (χ1) is 8.15. The van der Waals surface area contributed by atoms with Gasteiger partial charge in [0, 0.05) is 6.42 Å². The Morgan fingerprint density at radius 2 is 2.00 bits per heavy atom. The Hall–Kier alpha value is -1.31. The minimum atomic E-state index is -0.653. The zero-order valence-corrected chi connectivity index (χ0v) is 10.4. The normalized spacial score (nSPS) is 24.5. The quantitative estimate of drug-likeness (QED) is 0.861. The van der Waals surface area contributed by atoms with E-state index in [0.717, 1.165) is 19.3 Å². The molecule has 17 heavy (non-hydrogen) atoms. The van der Waals surface area contributed by atoms with Gasteiger partial charge in [0.05, 0.1) is 0 Å². The number of hydrogen-bond acceptors (Lipinski definition) is 1. The van der Waals surface area contributed by atoms with Crippen LogP contribution in [0.2, 0.25) is 0 Å². The Morgan fingerprint density at radius 1 is 1.29 bits per heavy atom. The number of carbonyl (C=O) groups is 1. The molecular weight excluding hydrogens is 212 g/mol. The van der Waals surface area contributed by atoms with Crippen LogP contribution in [0.25, 0.3) is 0 Å². The first kappa shape index (κ1) is 12.2. The molecular formula is C15H20O2. The van der Waals surface area contributed by atoms with E-state index in [1.54, 1.807) is 0 Å². The van der Waals surface area contributed by atoms with E-state index in [1.807, 2.05) is 0 Å². The third-order valence-corrected chi connectivity index (χ3v) is 3.79. The van der Waals surface area contributed by atoms with Crippen LogP contribution in [0.3, 0.4) is 0 Å². The molecule has 0 bridgehead atoms. The van der Waals surface area contributed by atoms with E-state index >= 15 is 0 Å². The van der Waals surface area contributed by atoms with Crippen molar-refractivity contribution in [2.24, 2.45) is 5.92 Å². The number of rotatable bonds is 3. The zero-order chi connectivity index (χ0) is 12.3. The molecule has 2 heteroatoms. The molecule has 2 nitrogen and oxygen atoms in total. The lowest BCUT2D eigenvalue weighted by atomic mass is 9.77. The van der Waals surface area contributed by atoms with E-state index in [2.05, 4.69) is 31.2 Å². The van der Waals surface area contributed by atoms with Crippen molar-refractivity contribution in [1.29, 1.82) is 0 Å². The van der Waals surface area contributed by atoms with Crippen LogP contribution in [-0.4, -0.2) is 11.1 Å². The van der Waals surface area contributed by atoms with Gasteiger partial charge in [-0.3, -0.25) is 4.79 Å². The second-order valence-electron chi connectivity index (χ2n) is 5.24. The van der Waals surface area contributed by atoms with Crippen LogP contribution in [0.4, 0.5) is 0 Å². The van der Waals surface area contributed by atoms with Gasteiger partial charge in [-0.25, -0.2) is 0 Å². The third kappa shape index (κ3) is 3.32. The van der Waals surface area contributed by atoms with Gasteiger partial charge in [0.1, 0.15) is 0 Å². The summed E-state index contributed by atoms with van der Waals surface area (Å²) in [7, 11) is 0. The topological polar surface area (TPSA) is 37.3 Å². The molecule has 1 N–H and O–H groups in total. The smallest absolute Gasteiger partial charge is 0.303 e. The number of carboxylic acids is 1. The lowest BCUT2D eigenvalue weighted by molar-refractivity contribution is -0.138. The van der Waals surface area contributed by atoms with Gasteiger partial charge in [0.15, 0.2) is 0 Å². The highest BCUT2D eigenvalue weighted by molar-refractivity contribution is 5.67. The maximum atomic E-state index is 10.8. The molecule has 1 aromatic carbocycles. The summed E-state index contributed by atoms with van der Waals surface area (Å²) in [5.41, 5.74) is 2.66. The Morgan fingerprint density at radius 3 is 2.65 bits per heavy atom. The average molecular weight is 232 g/mol. The summed E-state index contributed by atoms with van der Waals surface area (Å²) < 4.78 is 0. The fraction of sp³-hybridized carbons (Fsp3) is 0.533. The SMILES string of the molecule is Cc1ccc([C@@H]2CCC[C@H](CC(=O)O)C2)cc1. The molecule has 0 aliphatic heterocycles. The van der Waals surface area contributed by atoms with E-state index in [-0.39, 0.29) is 0 Å². The van der Waals surface area contributed by atoms with Crippen molar-refractivity contribution < 1.29 is 9.90 Å². The lowest BCUT2D eigenvalue weighted by Crippen LogP contribution is -2.17. The predicted molar refractivity (Wildman–Crippen MR) is 68.1 cm³/mol. The molecule has 1 saturated carbocycles. The summed E-state index contributed by atoms with van der Waals surface area (Å²) in [6.07, 6.45) is 4.82. The van der Waals surface area contributed by atoms with Crippen molar-refractivity contribution in [1.82, 2.24) is 0 Å². The summed E-state index contributed by atoms with van der Waals surface area (Å²) in [5, 5.41) is 8.86. The number of aliphatic carboxylic acids is 1. The van der Waals surface area contributed by atoms with Crippen LogP contribution in [0.5, 0.6) is 0 Å². The molecule has 2 rings (SSSR count). The van der Waals surface area contributed by atoms with Crippen molar-refractivity contribution in [2.45, 2.75) is 44.9 Å². The second kappa shape index (κ2) is 5.35. The van der Waals surface area contributed by atoms with Gasteiger partial charge < -0.3 is 5.11 Å². The Balaban J connectivity index is 2.01. The van der Waals surface area contributed by atoms with Gasteiger partial charge in [-0.1, -0.05) is 36.2 Å². The van der Waals surface area contributed by atoms with Gasteiger partial charge in [0.25, 0.3) is 0 Å². The van der Waals surface area contributed by atoms with Gasteiger partial charge >= 0.3 is 5.97 Å². The summed E-state index contributed by atoms with van der Waals surface area (Å²) in [6, 6.07) is 8.69. The molecule has 0 amide bonds. The molecule has 0 heterocycles. The van der Waals surface area contributed by atoms with Gasteiger partial charge in [0.2, 0.25) is 0 Å². The molecule has 0 unspecified atom stereocenters.